The van der Waals surface area contributed by atoms with Gasteiger partial charge in [-0.15, -0.1) is 0 Å². The van der Waals surface area contributed by atoms with Crippen molar-refractivity contribution in [2.45, 2.75) is 25.4 Å². The van der Waals surface area contributed by atoms with Crippen LogP contribution in [0, 0.1) is 6.92 Å². The highest BCUT2D eigenvalue weighted by Crippen LogP contribution is 2.19. The normalized spacial score (nSPS) is 20.4. The number of hydrogen-bond donors (Lipinski definition) is 1. The third-order valence-electron chi connectivity index (χ3n) is 4.27. The first-order chi connectivity index (χ1) is 12.0. The van der Waals surface area contributed by atoms with E-state index >= 15 is 0 Å². The van der Waals surface area contributed by atoms with Crippen molar-refractivity contribution in [3.8, 4) is 11.4 Å². The van der Waals surface area contributed by atoms with Gasteiger partial charge in [0.15, 0.2) is 0 Å². The molecule has 0 radical (unpaired) electrons. The van der Waals surface area contributed by atoms with Gasteiger partial charge in [0.1, 0.15) is 6.04 Å². The van der Waals surface area contributed by atoms with Gasteiger partial charge in [-0.25, -0.2) is 0 Å². The van der Waals surface area contributed by atoms with Gasteiger partial charge < -0.3 is 14.6 Å². The molecule has 1 aliphatic rings. The van der Waals surface area contributed by atoms with Crippen LogP contribution in [-0.4, -0.2) is 59.7 Å². The van der Waals surface area contributed by atoms with Crippen LogP contribution in [0.5, 0.6) is 0 Å². The van der Waals surface area contributed by atoms with Crippen LogP contribution in [-0.2, 0) is 9.53 Å². The molecule has 3 rings (SSSR count). The summed E-state index contributed by atoms with van der Waals surface area (Å²) in [6.07, 6.45) is 0.526. The molecule has 1 aromatic heterocycles. The zero-order valence-corrected chi connectivity index (χ0v) is 14.4. The molecule has 1 aromatic carbocycles. The Bertz CT molecular complexity index is 788. The first-order valence-electron chi connectivity index (χ1n) is 7.97. The Balaban J connectivity index is 1.69. The Labute approximate surface area is 145 Å². The SMILES string of the molecule is COC(=O)[C@@H]1C[C@@H](NC(=O)c2cccc(-c3noc(C)n3)c2)CN1C. The average molecular weight is 344 g/mol. The number of amides is 1. The lowest BCUT2D eigenvalue weighted by Crippen LogP contribution is -2.36. The van der Waals surface area contributed by atoms with Crippen molar-refractivity contribution in [3.05, 3.63) is 35.7 Å². The predicted molar refractivity (Wildman–Crippen MR) is 88.8 cm³/mol. The maximum absolute atomic E-state index is 12.5. The van der Waals surface area contributed by atoms with Crippen molar-refractivity contribution in [1.29, 1.82) is 0 Å². The number of hydrogen-bond acceptors (Lipinski definition) is 7. The Morgan fingerprint density at radius 2 is 2.20 bits per heavy atom. The highest BCUT2D eigenvalue weighted by Gasteiger charge is 2.35. The molecule has 25 heavy (non-hydrogen) atoms. The van der Waals surface area contributed by atoms with Gasteiger partial charge in [-0.3, -0.25) is 14.5 Å². The summed E-state index contributed by atoms with van der Waals surface area (Å²) in [5.74, 6) is 0.422. The molecule has 1 saturated heterocycles. The zero-order valence-electron chi connectivity index (χ0n) is 14.4. The molecule has 0 bridgehead atoms. The molecule has 1 amide bonds. The summed E-state index contributed by atoms with van der Waals surface area (Å²) in [7, 11) is 3.21. The number of ether oxygens (including phenoxy) is 1. The maximum Gasteiger partial charge on any atom is 0.323 e. The Hall–Kier alpha value is -2.74. The first-order valence-corrected chi connectivity index (χ1v) is 7.97. The quantitative estimate of drug-likeness (QED) is 0.827. The Kier molecular flexibility index (Phi) is 4.80. The van der Waals surface area contributed by atoms with Gasteiger partial charge in [-0.05, 0) is 25.6 Å². The van der Waals surface area contributed by atoms with Gasteiger partial charge in [-0.1, -0.05) is 17.3 Å². The van der Waals surface area contributed by atoms with Crippen molar-refractivity contribution < 1.29 is 18.8 Å². The number of esters is 1. The van der Waals surface area contributed by atoms with Crippen molar-refractivity contribution in [3.63, 3.8) is 0 Å². The molecular formula is C17H20N4O4. The minimum absolute atomic E-state index is 0.113. The van der Waals surface area contributed by atoms with E-state index in [-0.39, 0.29) is 24.0 Å². The molecule has 1 aliphatic heterocycles. The molecule has 0 unspecified atom stereocenters. The van der Waals surface area contributed by atoms with Gasteiger partial charge in [0.25, 0.3) is 5.91 Å². The lowest BCUT2D eigenvalue weighted by atomic mass is 10.1. The van der Waals surface area contributed by atoms with Crippen LogP contribution in [0.1, 0.15) is 22.7 Å². The number of likely N-dealkylation sites (N-methyl/N-ethyl adjacent to an activating group) is 1. The largest absolute Gasteiger partial charge is 0.468 e. The van der Waals surface area contributed by atoms with Crippen LogP contribution in [0.4, 0.5) is 0 Å². The van der Waals surface area contributed by atoms with E-state index in [2.05, 4.69) is 15.5 Å². The van der Waals surface area contributed by atoms with Crippen LogP contribution in [0.15, 0.2) is 28.8 Å². The number of likely N-dealkylation sites (tertiary alicyclic amines) is 1. The summed E-state index contributed by atoms with van der Waals surface area (Å²) < 4.78 is 9.77. The second-order valence-electron chi connectivity index (χ2n) is 6.10. The second-order valence-corrected chi connectivity index (χ2v) is 6.10. The lowest BCUT2D eigenvalue weighted by molar-refractivity contribution is -0.145. The van der Waals surface area contributed by atoms with E-state index in [4.69, 9.17) is 9.26 Å². The van der Waals surface area contributed by atoms with Crippen molar-refractivity contribution >= 4 is 11.9 Å². The number of nitrogens with zero attached hydrogens (tertiary/aromatic N) is 3. The molecule has 132 valence electrons. The van der Waals surface area contributed by atoms with E-state index in [0.29, 0.717) is 35.8 Å². The van der Waals surface area contributed by atoms with E-state index in [1.54, 1.807) is 25.1 Å². The molecule has 2 aromatic rings. The number of benzene rings is 1. The number of carbonyl (C=O) groups is 2. The van der Waals surface area contributed by atoms with Crippen LogP contribution in [0.2, 0.25) is 0 Å². The third kappa shape index (κ3) is 3.69. The smallest absolute Gasteiger partial charge is 0.323 e. The minimum atomic E-state index is -0.330. The van der Waals surface area contributed by atoms with Crippen LogP contribution < -0.4 is 5.32 Å². The van der Waals surface area contributed by atoms with Crippen molar-refractivity contribution in [1.82, 2.24) is 20.4 Å². The van der Waals surface area contributed by atoms with Gasteiger partial charge in [0.05, 0.1) is 7.11 Å². The van der Waals surface area contributed by atoms with Crippen molar-refractivity contribution in [2.75, 3.05) is 20.7 Å². The molecule has 0 aliphatic carbocycles. The average Bonchev–Trinajstić information content (AvgIpc) is 3.20. The summed E-state index contributed by atoms with van der Waals surface area (Å²) in [6, 6.07) is 6.59. The molecule has 8 heteroatoms. The van der Waals surface area contributed by atoms with E-state index in [1.165, 1.54) is 7.11 Å². The monoisotopic (exact) mass is 344 g/mol. The molecule has 1 N–H and O–H groups in total. The van der Waals surface area contributed by atoms with E-state index < -0.39 is 0 Å². The fourth-order valence-electron chi connectivity index (χ4n) is 3.00. The molecule has 0 saturated carbocycles. The molecule has 1 fully saturated rings. The minimum Gasteiger partial charge on any atom is -0.468 e. The molecule has 2 atom stereocenters. The lowest BCUT2D eigenvalue weighted by Gasteiger charge is -2.15. The number of nitrogens with one attached hydrogen (secondary N) is 1. The summed E-state index contributed by atoms with van der Waals surface area (Å²) in [5.41, 5.74) is 1.21. The Morgan fingerprint density at radius 3 is 2.88 bits per heavy atom. The summed E-state index contributed by atoms with van der Waals surface area (Å²) >= 11 is 0. The number of carbonyl (C=O) groups excluding carboxylic acids is 2. The van der Waals surface area contributed by atoms with Gasteiger partial charge >= 0.3 is 5.97 Å². The van der Waals surface area contributed by atoms with Crippen LogP contribution in [0.25, 0.3) is 11.4 Å². The fourth-order valence-corrected chi connectivity index (χ4v) is 3.00. The fraction of sp³-hybridized carbons (Fsp3) is 0.412. The highest BCUT2D eigenvalue weighted by atomic mass is 16.5. The van der Waals surface area contributed by atoms with Gasteiger partial charge in [-0.2, -0.15) is 4.98 Å². The molecular weight excluding hydrogens is 324 g/mol. The van der Waals surface area contributed by atoms with Crippen molar-refractivity contribution in [2.24, 2.45) is 0 Å². The molecule has 2 heterocycles. The Morgan fingerprint density at radius 1 is 1.40 bits per heavy atom. The third-order valence-corrected chi connectivity index (χ3v) is 4.27. The van der Waals surface area contributed by atoms with E-state index in [0.717, 1.165) is 0 Å². The number of rotatable bonds is 4. The maximum atomic E-state index is 12.5. The molecule has 8 nitrogen and oxygen atoms in total. The first kappa shape index (κ1) is 17.1. The highest BCUT2D eigenvalue weighted by molar-refractivity contribution is 5.95. The van der Waals surface area contributed by atoms with E-state index in [1.807, 2.05) is 18.0 Å². The topological polar surface area (TPSA) is 97.6 Å². The summed E-state index contributed by atoms with van der Waals surface area (Å²) in [6.45, 7) is 2.30. The summed E-state index contributed by atoms with van der Waals surface area (Å²) in [4.78, 5) is 30.3. The second kappa shape index (κ2) is 7.02. The number of aryl methyl sites for hydroxylation is 1. The van der Waals surface area contributed by atoms with Gasteiger partial charge in [0.2, 0.25) is 11.7 Å². The van der Waals surface area contributed by atoms with Crippen LogP contribution in [0.3, 0.4) is 0 Å². The van der Waals surface area contributed by atoms with E-state index in [9.17, 15) is 9.59 Å². The molecule has 0 spiro atoms. The standard InChI is InChI=1S/C17H20N4O4/c1-10-18-15(20-25-10)11-5-4-6-12(7-11)16(22)19-13-8-14(17(23)24-3)21(2)9-13/h4-7,13-14H,8-9H2,1-3H3,(H,19,22)/t13-,14+/m1/s1. The zero-order chi connectivity index (χ0) is 18.0. The number of aromatic nitrogens is 2. The summed E-state index contributed by atoms with van der Waals surface area (Å²) in [5, 5.41) is 6.83. The van der Waals surface area contributed by atoms with Crippen LogP contribution >= 0.6 is 0 Å². The van der Waals surface area contributed by atoms with Gasteiger partial charge in [0, 0.05) is 30.6 Å². The predicted octanol–water partition coefficient (Wildman–Crippen LogP) is 1.02. The number of methoxy groups -OCH3 is 1.